The lowest BCUT2D eigenvalue weighted by atomic mass is 9.74. The van der Waals surface area contributed by atoms with Gasteiger partial charge in [0.1, 0.15) is 5.75 Å². The van der Waals surface area contributed by atoms with E-state index in [1.54, 1.807) is 12.1 Å². The third kappa shape index (κ3) is 2.89. The Hall–Kier alpha value is -1.41. The Morgan fingerprint density at radius 2 is 1.64 bits per heavy atom. The molecule has 1 aromatic carbocycles. The lowest BCUT2D eigenvalue weighted by Crippen LogP contribution is -2.49. The molecule has 0 aliphatic carbocycles. The van der Waals surface area contributed by atoms with Crippen molar-refractivity contribution in [1.82, 2.24) is 0 Å². The first-order chi connectivity index (χ1) is 11.5. The Labute approximate surface area is 148 Å². The summed E-state index contributed by atoms with van der Waals surface area (Å²) in [4.78, 5) is 12.4. The molecule has 2 N–H and O–H groups in total. The van der Waals surface area contributed by atoms with Crippen LogP contribution < -0.4 is 10.2 Å². The number of rotatable bonds is 3. The van der Waals surface area contributed by atoms with Gasteiger partial charge in [0.2, 0.25) is 0 Å². The van der Waals surface area contributed by atoms with Crippen molar-refractivity contribution in [3.63, 3.8) is 0 Å². The maximum atomic E-state index is 12.4. The van der Waals surface area contributed by atoms with E-state index in [4.69, 9.17) is 14.0 Å². The van der Waals surface area contributed by atoms with Crippen LogP contribution in [0.1, 0.15) is 50.0 Å². The normalized spacial score (nSPS) is 23.3. The molecule has 1 fully saturated rings. The predicted octanol–water partition coefficient (Wildman–Crippen LogP) is 0.983. The Balaban J connectivity index is 2.01. The summed E-state index contributed by atoms with van der Waals surface area (Å²) in [5, 5.41) is 19.1. The zero-order chi connectivity index (χ0) is 18.6. The lowest BCUT2D eigenvalue weighted by Gasteiger charge is -2.35. The van der Waals surface area contributed by atoms with Gasteiger partial charge in [-0.15, -0.1) is 0 Å². The van der Waals surface area contributed by atoms with Crippen LogP contribution in [0, 0.1) is 6.92 Å². The Bertz CT molecular complexity index is 692. The zero-order valence-electron chi connectivity index (χ0n) is 15.4. The quantitative estimate of drug-likeness (QED) is 0.793. The van der Waals surface area contributed by atoms with Gasteiger partial charge in [-0.2, -0.15) is 0 Å². The van der Waals surface area contributed by atoms with Crippen LogP contribution in [0.5, 0.6) is 5.75 Å². The van der Waals surface area contributed by atoms with Gasteiger partial charge in [-0.1, -0.05) is 5.56 Å². The molecular formula is C18H25BO6. The minimum absolute atomic E-state index is 0.0533. The van der Waals surface area contributed by atoms with E-state index in [9.17, 15) is 15.0 Å². The molecule has 0 amide bonds. The second-order valence-corrected chi connectivity index (χ2v) is 7.99. The maximum Gasteiger partial charge on any atom is 0.495 e. The van der Waals surface area contributed by atoms with Gasteiger partial charge in [0.25, 0.3) is 0 Å². The van der Waals surface area contributed by atoms with Gasteiger partial charge in [-0.05, 0) is 52.2 Å². The van der Waals surface area contributed by atoms with E-state index in [1.165, 1.54) is 0 Å². The number of fused-ring (bicyclic) bond motifs is 1. The van der Waals surface area contributed by atoms with Crippen molar-refractivity contribution < 1.29 is 29.1 Å². The molecule has 0 saturated carbocycles. The summed E-state index contributed by atoms with van der Waals surface area (Å²) in [6.45, 7) is 8.93. The number of benzene rings is 1. The summed E-state index contributed by atoms with van der Waals surface area (Å²) < 4.78 is 18.0. The molecule has 2 aliphatic heterocycles. The molecule has 2 aliphatic rings. The molecular weight excluding hydrogens is 323 g/mol. The average molecular weight is 348 g/mol. The summed E-state index contributed by atoms with van der Waals surface area (Å²) in [5.74, 6) is 0.183. The number of aryl methyl sites for hydroxylation is 1. The van der Waals surface area contributed by atoms with E-state index in [0.717, 1.165) is 11.0 Å². The number of ether oxygens (including phenoxy) is 1. The van der Waals surface area contributed by atoms with E-state index in [0.29, 0.717) is 11.3 Å². The van der Waals surface area contributed by atoms with Crippen LogP contribution in [0.4, 0.5) is 0 Å². The van der Waals surface area contributed by atoms with Gasteiger partial charge in [0, 0.05) is 0 Å². The van der Waals surface area contributed by atoms with Gasteiger partial charge < -0.3 is 24.3 Å². The molecule has 0 radical (unpaired) electrons. The van der Waals surface area contributed by atoms with Crippen molar-refractivity contribution in [3.05, 3.63) is 23.3 Å². The highest BCUT2D eigenvalue weighted by Crippen LogP contribution is 2.38. The fraction of sp³-hybridized carbons (Fsp3) is 0.611. The fourth-order valence-corrected chi connectivity index (χ4v) is 3.11. The number of aliphatic hydroxyl groups excluding tert-OH is 2. The number of carbonyl (C=O) groups is 1. The van der Waals surface area contributed by atoms with Crippen molar-refractivity contribution in [1.29, 1.82) is 0 Å². The highest BCUT2D eigenvalue weighted by molar-refractivity contribution is 6.62. The molecule has 0 atom stereocenters. The van der Waals surface area contributed by atoms with E-state index in [-0.39, 0.29) is 12.2 Å². The summed E-state index contributed by atoms with van der Waals surface area (Å²) in [6, 6.07) is 3.49. The Morgan fingerprint density at radius 3 is 2.16 bits per heavy atom. The molecule has 0 unspecified atom stereocenters. The van der Waals surface area contributed by atoms with Crippen LogP contribution >= 0.6 is 0 Å². The van der Waals surface area contributed by atoms with Crippen molar-refractivity contribution >= 4 is 18.4 Å². The van der Waals surface area contributed by atoms with Gasteiger partial charge in [0.15, 0.2) is 11.4 Å². The second kappa shape index (κ2) is 5.81. The van der Waals surface area contributed by atoms with E-state index >= 15 is 0 Å². The van der Waals surface area contributed by atoms with Crippen molar-refractivity contribution in [2.75, 3.05) is 13.2 Å². The van der Waals surface area contributed by atoms with Crippen molar-refractivity contribution in [2.24, 2.45) is 0 Å². The minimum atomic E-state index is -1.29. The molecule has 6 nitrogen and oxygen atoms in total. The van der Waals surface area contributed by atoms with Crippen LogP contribution in [0.15, 0.2) is 12.1 Å². The standard InChI is InChI=1S/C18H25BO6/c1-11-6-12-14(22)8-18(9-20,10-21)23-15(12)7-13(11)19-24-16(2,3)17(4,5)25-19/h6-7,20-21H,8-10H2,1-5H3. The van der Waals surface area contributed by atoms with Crippen LogP contribution in [-0.2, 0) is 9.31 Å². The first-order valence-electron chi connectivity index (χ1n) is 8.48. The zero-order valence-corrected chi connectivity index (χ0v) is 15.4. The highest BCUT2D eigenvalue weighted by Gasteiger charge is 2.52. The summed E-state index contributed by atoms with van der Waals surface area (Å²) >= 11 is 0. The molecule has 0 spiro atoms. The minimum Gasteiger partial charge on any atom is -0.481 e. The predicted molar refractivity (Wildman–Crippen MR) is 93.4 cm³/mol. The summed E-state index contributed by atoms with van der Waals surface area (Å²) in [6.07, 6.45) is -0.0533. The molecule has 25 heavy (non-hydrogen) atoms. The number of aliphatic hydroxyl groups is 2. The molecule has 1 saturated heterocycles. The number of ketones is 1. The van der Waals surface area contributed by atoms with E-state index < -0.39 is 37.1 Å². The van der Waals surface area contributed by atoms with E-state index in [1.807, 2.05) is 34.6 Å². The number of carbonyl (C=O) groups excluding carboxylic acids is 1. The molecule has 7 heteroatoms. The first-order valence-corrected chi connectivity index (χ1v) is 8.48. The summed E-state index contributed by atoms with van der Waals surface area (Å²) in [5.41, 5.74) is -0.137. The molecule has 0 aromatic heterocycles. The largest absolute Gasteiger partial charge is 0.495 e. The van der Waals surface area contributed by atoms with Crippen LogP contribution in [0.3, 0.4) is 0 Å². The highest BCUT2D eigenvalue weighted by atomic mass is 16.7. The first kappa shape index (κ1) is 18.4. The Kier molecular flexibility index (Phi) is 4.27. The average Bonchev–Trinajstić information content (AvgIpc) is 2.75. The maximum absolute atomic E-state index is 12.4. The monoisotopic (exact) mass is 348 g/mol. The lowest BCUT2D eigenvalue weighted by molar-refractivity contribution is -0.0403. The third-order valence-electron chi connectivity index (χ3n) is 5.56. The fourth-order valence-electron chi connectivity index (χ4n) is 3.11. The molecule has 136 valence electrons. The van der Waals surface area contributed by atoms with Crippen LogP contribution in [-0.4, -0.2) is 53.1 Å². The second-order valence-electron chi connectivity index (χ2n) is 7.99. The van der Waals surface area contributed by atoms with Crippen LogP contribution in [0.25, 0.3) is 0 Å². The molecule has 1 aromatic rings. The SMILES string of the molecule is Cc1cc2c(cc1B1OC(C)(C)C(C)(C)O1)OC(CO)(CO)CC2=O. The molecule has 3 rings (SSSR count). The molecule has 2 heterocycles. The van der Waals surface area contributed by atoms with Gasteiger partial charge in [0.05, 0.1) is 36.4 Å². The number of Topliss-reactive ketones (excluding diaryl/α,β-unsaturated/α-hetero) is 1. The molecule has 0 bridgehead atoms. The topological polar surface area (TPSA) is 85.2 Å². The number of hydrogen-bond acceptors (Lipinski definition) is 6. The summed E-state index contributed by atoms with van der Waals surface area (Å²) in [7, 11) is -0.575. The number of hydrogen-bond donors (Lipinski definition) is 2. The van der Waals surface area contributed by atoms with E-state index in [2.05, 4.69) is 0 Å². The third-order valence-corrected chi connectivity index (χ3v) is 5.56. The van der Waals surface area contributed by atoms with Crippen molar-refractivity contribution in [2.45, 2.75) is 57.8 Å². The Morgan fingerprint density at radius 1 is 1.08 bits per heavy atom. The van der Waals surface area contributed by atoms with Gasteiger partial charge in [-0.3, -0.25) is 4.79 Å². The van der Waals surface area contributed by atoms with Gasteiger partial charge in [-0.25, -0.2) is 0 Å². The van der Waals surface area contributed by atoms with Crippen molar-refractivity contribution in [3.8, 4) is 5.75 Å². The van der Waals surface area contributed by atoms with Gasteiger partial charge >= 0.3 is 7.12 Å². The smallest absolute Gasteiger partial charge is 0.481 e. The van der Waals surface area contributed by atoms with Crippen LogP contribution in [0.2, 0.25) is 0 Å².